The van der Waals surface area contributed by atoms with Crippen molar-refractivity contribution in [2.75, 3.05) is 13.2 Å². The van der Waals surface area contributed by atoms with Crippen molar-refractivity contribution in [2.45, 2.75) is 45.8 Å². The van der Waals surface area contributed by atoms with E-state index in [4.69, 9.17) is 15.2 Å². The fourth-order valence-corrected chi connectivity index (χ4v) is 2.20. The molecule has 1 aliphatic heterocycles. The normalized spacial score (nSPS) is 17.2. The molecule has 1 aromatic rings. The molecule has 22 heavy (non-hydrogen) atoms. The quantitative estimate of drug-likeness (QED) is 0.734. The highest BCUT2D eigenvalue weighted by Crippen LogP contribution is 2.37. The second kappa shape index (κ2) is 6.54. The molecule has 0 aromatic heterocycles. The summed E-state index contributed by atoms with van der Waals surface area (Å²) < 4.78 is 11.6. The predicted octanol–water partition coefficient (Wildman–Crippen LogP) is 1.52. The van der Waals surface area contributed by atoms with Crippen molar-refractivity contribution in [2.24, 2.45) is 5.73 Å². The van der Waals surface area contributed by atoms with Crippen molar-refractivity contribution in [3.8, 4) is 11.5 Å². The van der Waals surface area contributed by atoms with Crippen LogP contribution < -0.4 is 26.1 Å². The first kappa shape index (κ1) is 16.6. The largest absolute Gasteiger partial charge is 0.486 e. The Morgan fingerprint density at radius 1 is 1.41 bits per heavy atom. The summed E-state index contributed by atoms with van der Waals surface area (Å²) >= 11 is 0. The fourth-order valence-electron chi connectivity index (χ4n) is 2.20. The van der Waals surface area contributed by atoms with Crippen LogP contribution in [-0.4, -0.2) is 30.7 Å². The first-order valence-electron chi connectivity index (χ1n) is 7.52. The minimum Gasteiger partial charge on any atom is -0.486 e. The number of hydrogen-bond acceptors (Lipinski definition) is 5. The van der Waals surface area contributed by atoms with E-state index in [2.05, 4.69) is 10.9 Å². The Balaban J connectivity index is 2.18. The molecule has 1 aromatic carbocycles. The lowest BCUT2D eigenvalue weighted by molar-refractivity contribution is 0.0841. The lowest BCUT2D eigenvalue weighted by atomic mass is 10.1. The molecular weight excluding hydrogens is 282 g/mol. The van der Waals surface area contributed by atoms with Gasteiger partial charge in [0.05, 0.1) is 0 Å². The predicted molar refractivity (Wildman–Crippen MR) is 85.1 cm³/mol. The van der Waals surface area contributed by atoms with E-state index in [0.29, 0.717) is 30.2 Å². The smallest absolute Gasteiger partial charge is 0.265 e. The van der Waals surface area contributed by atoms with Gasteiger partial charge in [-0.3, -0.25) is 10.2 Å². The molecule has 6 heteroatoms. The maximum Gasteiger partial charge on any atom is 0.265 e. The topological polar surface area (TPSA) is 85.6 Å². The highest BCUT2D eigenvalue weighted by atomic mass is 16.6. The van der Waals surface area contributed by atoms with E-state index in [0.717, 1.165) is 12.0 Å². The number of ether oxygens (including phenoxy) is 2. The third kappa shape index (κ3) is 3.90. The van der Waals surface area contributed by atoms with Gasteiger partial charge in [0.1, 0.15) is 12.7 Å². The molecule has 1 amide bonds. The van der Waals surface area contributed by atoms with Gasteiger partial charge >= 0.3 is 0 Å². The van der Waals surface area contributed by atoms with Crippen molar-refractivity contribution in [1.29, 1.82) is 0 Å². The monoisotopic (exact) mass is 307 g/mol. The highest BCUT2D eigenvalue weighted by Gasteiger charge is 2.25. The van der Waals surface area contributed by atoms with Gasteiger partial charge in [0, 0.05) is 16.7 Å². The summed E-state index contributed by atoms with van der Waals surface area (Å²) in [4.78, 5) is 12.3. The standard InChI is InChI=1S/C16H25N3O3/c1-10-12(15(20)18-19-16(2,3)4)5-6-13-14(10)22-11(7-8-17)9-21-13/h5-6,11,19H,7-9,17H2,1-4H3,(H,18,20). The third-order valence-electron chi connectivity index (χ3n) is 3.36. The van der Waals surface area contributed by atoms with Gasteiger partial charge in [-0.05, 0) is 52.8 Å². The van der Waals surface area contributed by atoms with Crippen LogP contribution in [0, 0.1) is 6.92 Å². The van der Waals surface area contributed by atoms with Crippen LogP contribution in [0.15, 0.2) is 12.1 Å². The molecule has 0 saturated carbocycles. The molecule has 4 N–H and O–H groups in total. The molecule has 1 atom stereocenters. The summed E-state index contributed by atoms with van der Waals surface area (Å²) in [7, 11) is 0. The number of carbonyl (C=O) groups excluding carboxylic acids is 1. The van der Waals surface area contributed by atoms with E-state index < -0.39 is 0 Å². The van der Waals surface area contributed by atoms with E-state index in [1.165, 1.54) is 0 Å². The van der Waals surface area contributed by atoms with E-state index in [9.17, 15) is 4.79 Å². The second-order valence-electron chi connectivity index (χ2n) is 6.52. The minimum atomic E-state index is -0.205. The summed E-state index contributed by atoms with van der Waals surface area (Å²) in [5.74, 6) is 1.11. The van der Waals surface area contributed by atoms with E-state index in [1.54, 1.807) is 12.1 Å². The molecule has 6 nitrogen and oxygen atoms in total. The van der Waals surface area contributed by atoms with Crippen molar-refractivity contribution in [1.82, 2.24) is 10.9 Å². The zero-order valence-electron chi connectivity index (χ0n) is 13.7. The SMILES string of the molecule is Cc1c(C(=O)NNC(C)(C)C)ccc2c1OC(CCN)CO2. The minimum absolute atomic E-state index is 0.0674. The van der Waals surface area contributed by atoms with Crippen molar-refractivity contribution in [3.63, 3.8) is 0 Å². The summed E-state index contributed by atoms with van der Waals surface area (Å²) in [5, 5.41) is 0. The maximum atomic E-state index is 12.3. The average molecular weight is 307 g/mol. The summed E-state index contributed by atoms with van der Waals surface area (Å²) in [6, 6.07) is 3.52. The molecule has 0 aliphatic carbocycles. The summed E-state index contributed by atoms with van der Waals surface area (Å²) in [6.45, 7) is 8.81. The molecule has 0 spiro atoms. The third-order valence-corrected chi connectivity index (χ3v) is 3.36. The number of nitrogens with one attached hydrogen (secondary N) is 2. The van der Waals surface area contributed by atoms with Crippen LogP contribution in [0.25, 0.3) is 0 Å². The molecule has 0 saturated heterocycles. The van der Waals surface area contributed by atoms with Crippen LogP contribution in [0.3, 0.4) is 0 Å². The number of carbonyl (C=O) groups is 1. The number of amides is 1. The van der Waals surface area contributed by atoms with Crippen molar-refractivity contribution < 1.29 is 14.3 Å². The zero-order chi connectivity index (χ0) is 16.3. The molecule has 1 heterocycles. The molecular formula is C16H25N3O3. The van der Waals surface area contributed by atoms with Gasteiger partial charge < -0.3 is 15.2 Å². The van der Waals surface area contributed by atoms with Gasteiger partial charge in [-0.1, -0.05) is 0 Å². The van der Waals surface area contributed by atoms with Crippen molar-refractivity contribution in [3.05, 3.63) is 23.3 Å². The van der Waals surface area contributed by atoms with Crippen LogP contribution in [0.5, 0.6) is 11.5 Å². The number of hydrogen-bond donors (Lipinski definition) is 3. The molecule has 0 radical (unpaired) electrons. The first-order chi connectivity index (χ1) is 10.3. The number of fused-ring (bicyclic) bond motifs is 1. The van der Waals surface area contributed by atoms with Gasteiger partial charge in [0.25, 0.3) is 5.91 Å². The van der Waals surface area contributed by atoms with Crippen molar-refractivity contribution >= 4 is 5.91 Å². The highest BCUT2D eigenvalue weighted by molar-refractivity contribution is 5.96. The Morgan fingerprint density at radius 2 is 2.14 bits per heavy atom. The summed E-state index contributed by atoms with van der Waals surface area (Å²) in [5.41, 5.74) is 12.4. The number of benzene rings is 1. The molecule has 0 bridgehead atoms. The van der Waals surface area contributed by atoms with E-state index in [-0.39, 0.29) is 17.6 Å². The Morgan fingerprint density at radius 3 is 2.77 bits per heavy atom. The van der Waals surface area contributed by atoms with E-state index >= 15 is 0 Å². The average Bonchev–Trinajstić information content (AvgIpc) is 2.45. The first-order valence-corrected chi connectivity index (χ1v) is 7.52. The number of rotatable bonds is 4. The lowest BCUT2D eigenvalue weighted by Crippen LogP contribution is -2.48. The second-order valence-corrected chi connectivity index (χ2v) is 6.52. The van der Waals surface area contributed by atoms with Crippen LogP contribution in [0.1, 0.15) is 43.1 Å². The molecule has 0 fully saturated rings. The van der Waals surface area contributed by atoms with Gasteiger partial charge in [-0.25, -0.2) is 5.43 Å². The number of nitrogens with two attached hydrogens (primary N) is 1. The fraction of sp³-hybridized carbons (Fsp3) is 0.562. The van der Waals surface area contributed by atoms with Crippen LogP contribution in [0.2, 0.25) is 0 Å². The van der Waals surface area contributed by atoms with Crippen LogP contribution in [0.4, 0.5) is 0 Å². The molecule has 122 valence electrons. The van der Waals surface area contributed by atoms with Gasteiger partial charge in [0.15, 0.2) is 11.5 Å². The maximum absolute atomic E-state index is 12.3. The molecule has 1 aliphatic rings. The zero-order valence-corrected chi connectivity index (χ0v) is 13.7. The molecule has 2 rings (SSSR count). The van der Waals surface area contributed by atoms with Crippen LogP contribution >= 0.6 is 0 Å². The Kier molecular flexibility index (Phi) is 4.93. The summed E-state index contributed by atoms with van der Waals surface area (Å²) in [6.07, 6.45) is 0.656. The van der Waals surface area contributed by atoms with Gasteiger partial charge in [0.2, 0.25) is 0 Å². The van der Waals surface area contributed by atoms with Crippen LogP contribution in [-0.2, 0) is 0 Å². The molecule has 1 unspecified atom stereocenters. The lowest BCUT2D eigenvalue weighted by Gasteiger charge is -2.28. The van der Waals surface area contributed by atoms with Gasteiger partial charge in [-0.15, -0.1) is 0 Å². The Bertz CT molecular complexity index is 552. The Hall–Kier alpha value is -1.79. The Labute approximate surface area is 131 Å². The van der Waals surface area contributed by atoms with E-state index in [1.807, 2.05) is 27.7 Å². The van der Waals surface area contributed by atoms with Gasteiger partial charge in [-0.2, -0.15) is 0 Å². The number of hydrazine groups is 1.